The van der Waals surface area contributed by atoms with Gasteiger partial charge in [0.25, 0.3) is 0 Å². The summed E-state index contributed by atoms with van der Waals surface area (Å²) in [6.07, 6.45) is 3.64. The molecule has 3 rings (SSSR count). The van der Waals surface area contributed by atoms with Crippen LogP contribution < -0.4 is 0 Å². The molecule has 0 bridgehead atoms. The lowest BCUT2D eigenvalue weighted by Crippen LogP contribution is -2.40. The summed E-state index contributed by atoms with van der Waals surface area (Å²) < 4.78 is 1.60. The minimum Gasteiger partial charge on any atom is -0.387 e. The summed E-state index contributed by atoms with van der Waals surface area (Å²) in [5, 5.41) is 29.4. The lowest BCUT2D eigenvalue weighted by molar-refractivity contribution is -0.107. The Hall–Kier alpha value is -1.72. The summed E-state index contributed by atoms with van der Waals surface area (Å²) in [6, 6.07) is 9.54. The van der Waals surface area contributed by atoms with Crippen molar-refractivity contribution in [2.45, 2.75) is 44.3 Å². The van der Waals surface area contributed by atoms with Gasteiger partial charge in [0.05, 0.1) is 23.2 Å². The number of aromatic nitrogens is 3. The second-order valence-corrected chi connectivity index (χ2v) is 6.09. The zero-order valence-electron chi connectivity index (χ0n) is 12.2. The molecule has 0 amide bonds. The van der Waals surface area contributed by atoms with Crippen LogP contribution in [0.2, 0.25) is 0 Å². The molecule has 1 aliphatic carbocycles. The molecule has 1 saturated carbocycles. The van der Waals surface area contributed by atoms with E-state index in [1.54, 1.807) is 4.68 Å². The Kier molecular flexibility index (Phi) is 3.78. The molecule has 1 heterocycles. The summed E-state index contributed by atoms with van der Waals surface area (Å²) in [6.45, 7) is 2.18. The van der Waals surface area contributed by atoms with Crippen molar-refractivity contribution in [1.82, 2.24) is 15.0 Å². The molecule has 0 spiro atoms. The van der Waals surface area contributed by atoms with Gasteiger partial charge in [-0.2, -0.15) is 0 Å². The molecule has 5 nitrogen and oxygen atoms in total. The predicted octanol–water partition coefficient (Wildman–Crippen LogP) is 2.24. The maximum absolute atomic E-state index is 10.8. The van der Waals surface area contributed by atoms with Crippen molar-refractivity contribution in [2.24, 2.45) is 5.92 Å². The van der Waals surface area contributed by atoms with E-state index in [0.29, 0.717) is 24.5 Å². The second-order valence-electron chi connectivity index (χ2n) is 6.09. The number of aliphatic hydroxyl groups excluding tert-OH is 1. The van der Waals surface area contributed by atoms with Gasteiger partial charge in [0.2, 0.25) is 0 Å². The highest BCUT2D eigenvalue weighted by molar-refractivity contribution is 5.32. The van der Waals surface area contributed by atoms with Crippen LogP contribution in [0.15, 0.2) is 36.5 Å². The van der Waals surface area contributed by atoms with Crippen LogP contribution in [-0.2, 0) is 0 Å². The third-order valence-electron chi connectivity index (χ3n) is 4.51. The fraction of sp³-hybridized carbons (Fsp3) is 0.500. The first-order valence-electron chi connectivity index (χ1n) is 7.46. The Morgan fingerprint density at radius 1 is 1.24 bits per heavy atom. The first kappa shape index (κ1) is 14.2. The maximum Gasteiger partial charge on any atom is 0.126 e. The van der Waals surface area contributed by atoms with Gasteiger partial charge in [-0.05, 0) is 43.7 Å². The molecule has 1 aromatic heterocycles. The zero-order valence-corrected chi connectivity index (χ0v) is 12.2. The van der Waals surface area contributed by atoms with Crippen molar-refractivity contribution in [3.8, 4) is 5.69 Å². The Morgan fingerprint density at radius 2 is 1.90 bits per heavy atom. The van der Waals surface area contributed by atoms with E-state index in [1.165, 1.54) is 6.20 Å². The summed E-state index contributed by atoms with van der Waals surface area (Å²) >= 11 is 0. The first-order chi connectivity index (χ1) is 10.1. The average Bonchev–Trinajstić information content (AvgIpc) is 3.00. The normalized spacial score (nSPS) is 27.5. The SMILES string of the molecule is CC1CCC(O)(C(O)c2cnnn2-c2ccccc2)CC1. The Labute approximate surface area is 124 Å². The summed E-state index contributed by atoms with van der Waals surface area (Å²) in [5.74, 6) is 0.606. The third-order valence-corrected chi connectivity index (χ3v) is 4.51. The molecular weight excluding hydrogens is 266 g/mol. The van der Waals surface area contributed by atoms with E-state index in [4.69, 9.17) is 0 Å². The lowest BCUT2D eigenvalue weighted by atomic mass is 9.76. The Morgan fingerprint density at radius 3 is 2.57 bits per heavy atom. The maximum atomic E-state index is 10.8. The van der Waals surface area contributed by atoms with Gasteiger partial charge in [0, 0.05) is 0 Å². The Bertz CT molecular complexity index is 589. The van der Waals surface area contributed by atoms with Crippen LogP contribution in [0.4, 0.5) is 0 Å². The monoisotopic (exact) mass is 287 g/mol. The molecule has 1 atom stereocenters. The summed E-state index contributed by atoms with van der Waals surface area (Å²) in [5.41, 5.74) is 0.288. The molecule has 1 aliphatic rings. The van der Waals surface area contributed by atoms with Crippen LogP contribution in [0.1, 0.15) is 44.4 Å². The van der Waals surface area contributed by atoms with Gasteiger partial charge < -0.3 is 10.2 Å². The fourth-order valence-corrected chi connectivity index (χ4v) is 3.01. The van der Waals surface area contributed by atoms with Crippen LogP contribution in [-0.4, -0.2) is 30.8 Å². The number of hydrogen-bond acceptors (Lipinski definition) is 4. The Balaban J connectivity index is 1.89. The van der Waals surface area contributed by atoms with Gasteiger partial charge in [-0.25, -0.2) is 4.68 Å². The zero-order chi connectivity index (χ0) is 14.9. The largest absolute Gasteiger partial charge is 0.387 e. The molecule has 0 aliphatic heterocycles. The minimum absolute atomic E-state index is 0.540. The van der Waals surface area contributed by atoms with E-state index in [9.17, 15) is 10.2 Å². The number of rotatable bonds is 3. The van der Waals surface area contributed by atoms with Gasteiger partial charge in [-0.1, -0.05) is 30.3 Å². The van der Waals surface area contributed by atoms with E-state index in [2.05, 4.69) is 17.2 Å². The molecule has 1 fully saturated rings. The van der Waals surface area contributed by atoms with Crippen molar-refractivity contribution in [2.75, 3.05) is 0 Å². The smallest absolute Gasteiger partial charge is 0.126 e. The van der Waals surface area contributed by atoms with Crippen LogP contribution in [0, 0.1) is 5.92 Å². The summed E-state index contributed by atoms with van der Waals surface area (Å²) in [4.78, 5) is 0. The molecule has 1 unspecified atom stereocenters. The van der Waals surface area contributed by atoms with Gasteiger partial charge >= 0.3 is 0 Å². The molecule has 0 saturated heterocycles. The highest BCUT2D eigenvalue weighted by Gasteiger charge is 2.41. The molecule has 1 aromatic carbocycles. The second kappa shape index (κ2) is 5.58. The molecule has 21 heavy (non-hydrogen) atoms. The van der Waals surface area contributed by atoms with E-state index in [0.717, 1.165) is 18.5 Å². The van der Waals surface area contributed by atoms with E-state index < -0.39 is 11.7 Å². The highest BCUT2D eigenvalue weighted by atomic mass is 16.3. The van der Waals surface area contributed by atoms with Crippen LogP contribution in [0.25, 0.3) is 5.69 Å². The van der Waals surface area contributed by atoms with Crippen molar-refractivity contribution < 1.29 is 10.2 Å². The number of nitrogens with zero attached hydrogens (tertiary/aromatic N) is 3. The van der Waals surface area contributed by atoms with E-state index in [-0.39, 0.29) is 0 Å². The number of hydrogen-bond donors (Lipinski definition) is 2. The molecule has 2 aromatic rings. The third kappa shape index (κ3) is 2.71. The lowest BCUT2D eigenvalue weighted by Gasteiger charge is -2.38. The molecule has 2 N–H and O–H groups in total. The van der Waals surface area contributed by atoms with Crippen molar-refractivity contribution in [3.63, 3.8) is 0 Å². The predicted molar refractivity (Wildman–Crippen MR) is 78.9 cm³/mol. The van der Waals surface area contributed by atoms with E-state index in [1.807, 2.05) is 30.3 Å². The van der Waals surface area contributed by atoms with Gasteiger partial charge in [-0.15, -0.1) is 5.10 Å². The number of aliphatic hydroxyl groups is 2. The molecule has 0 radical (unpaired) electrons. The number of benzene rings is 1. The van der Waals surface area contributed by atoms with Crippen molar-refractivity contribution >= 4 is 0 Å². The molecule has 112 valence electrons. The minimum atomic E-state index is -1.08. The van der Waals surface area contributed by atoms with Crippen LogP contribution >= 0.6 is 0 Å². The van der Waals surface area contributed by atoms with Gasteiger partial charge in [0.1, 0.15) is 6.10 Å². The molecule has 5 heteroatoms. The molecular formula is C16H21N3O2. The van der Waals surface area contributed by atoms with Crippen molar-refractivity contribution in [3.05, 3.63) is 42.2 Å². The van der Waals surface area contributed by atoms with Crippen LogP contribution in [0.5, 0.6) is 0 Å². The quantitative estimate of drug-likeness (QED) is 0.908. The van der Waals surface area contributed by atoms with Gasteiger partial charge in [-0.3, -0.25) is 0 Å². The summed E-state index contributed by atoms with van der Waals surface area (Å²) in [7, 11) is 0. The topological polar surface area (TPSA) is 71.2 Å². The number of para-hydroxylation sites is 1. The van der Waals surface area contributed by atoms with Gasteiger partial charge in [0.15, 0.2) is 0 Å². The fourth-order valence-electron chi connectivity index (χ4n) is 3.01. The average molecular weight is 287 g/mol. The first-order valence-corrected chi connectivity index (χ1v) is 7.46. The standard InChI is InChI=1S/C16H21N3O2/c1-12-7-9-16(21,10-8-12)15(20)14-11-17-18-19(14)13-5-3-2-4-6-13/h2-6,11-12,15,20-21H,7-10H2,1H3. The highest BCUT2D eigenvalue weighted by Crippen LogP contribution is 2.40. The van der Waals surface area contributed by atoms with Crippen LogP contribution in [0.3, 0.4) is 0 Å². The van der Waals surface area contributed by atoms with Crippen molar-refractivity contribution in [1.29, 1.82) is 0 Å². The van der Waals surface area contributed by atoms with E-state index >= 15 is 0 Å².